The van der Waals surface area contributed by atoms with Crippen LogP contribution in [0.5, 0.6) is 0 Å². The van der Waals surface area contributed by atoms with Crippen molar-refractivity contribution in [1.82, 2.24) is 19.9 Å². The molecular formula is C20H25Cl3N4O2. The first kappa shape index (κ1) is 21.3. The minimum Gasteiger partial charge on any atom is -0.381 e. The Morgan fingerprint density at radius 3 is 2.76 bits per heavy atom. The van der Waals surface area contributed by atoms with E-state index in [0.29, 0.717) is 16.7 Å². The summed E-state index contributed by atoms with van der Waals surface area (Å²) in [6.45, 7) is 5.37. The molecule has 0 unspecified atom stereocenters. The summed E-state index contributed by atoms with van der Waals surface area (Å²) in [6, 6.07) is 5.68. The molecule has 0 amide bonds. The summed E-state index contributed by atoms with van der Waals surface area (Å²) in [5.74, 6) is 0.790. The van der Waals surface area contributed by atoms with Gasteiger partial charge in [0.05, 0.1) is 29.5 Å². The molecule has 0 radical (unpaired) electrons. The molecule has 1 aromatic heterocycles. The molecule has 2 aromatic rings. The lowest BCUT2D eigenvalue weighted by Crippen LogP contribution is -2.32. The van der Waals surface area contributed by atoms with Crippen LogP contribution in [0.25, 0.3) is 11.3 Å². The van der Waals surface area contributed by atoms with E-state index in [1.165, 1.54) is 19.3 Å². The number of hydrogen-bond donors (Lipinski definition) is 0. The van der Waals surface area contributed by atoms with Crippen molar-refractivity contribution in [3.8, 4) is 11.3 Å². The normalized spacial score (nSPS) is 24.8. The second-order valence-electron chi connectivity index (χ2n) is 7.97. The summed E-state index contributed by atoms with van der Waals surface area (Å²) >= 11 is 12.4. The first-order valence-corrected chi connectivity index (χ1v) is 10.8. The van der Waals surface area contributed by atoms with Crippen molar-refractivity contribution in [2.75, 3.05) is 32.8 Å². The number of fused-ring (bicyclic) bond motifs is 3. The zero-order valence-corrected chi connectivity index (χ0v) is 18.4. The largest absolute Gasteiger partial charge is 0.381 e. The molecule has 2 atom stereocenters. The average Bonchev–Trinajstić information content (AvgIpc) is 3.31. The molecule has 9 heteroatoms. The van der Waals surface area contributed by atoms with Gasteiger partial charge in [0.15, 0.2) is 0 Å². The summed E-state index contributed by atoms with van der Waals surface area (Å²) < 4.78 is 13.7. The first-order valence-electron chi connectivity index (χ1n) is 10.00. The van der Waals surface area contributed by atoms with E-state index in [1.54, 1.807) is 6.07 Å². The molecule has 1 aromatic carbocycles. The van der Waals surface area contributed by atoms with Crippen LogP contribution in [-0.4, -0.2) is 58.8 Å². The minimum atomic E-state index is 0. The van der Waals surface area contributed by atoms with Gasteiger partial charge in [0.1, 0.15) is 5.69 Å². The second-order valence-corrected chi connectivity index (χ2v) is 8.82. The molecule has 3 aliphatic heterocycles. The summed E-state index contributed by atoms with van der Waals surface area (Å²) in [4.78, 5) is 2.51. The fraction of sp³-hybridized carbons (Fsp3) is 0.600. The van der Waals surface area contributed by atoms with Crippen molar-refractivity contribution in [1.29, 1.82) is 0 Å². The van der Waals surface area contributed by atoms with Gasteiger partial charge < -0.3 is 9.47 Å². The Balaban J connectivity index is 0.00000205. The van der Waals surface area contributed by atoms with Gasteiger partial charge in [0.25, 0.3) is 0 Å². The molecule has 4 heterocycles. The number of hydrogen-bond acceptors (Lipinski definition) is 5. The van der Waals surface area contributed by atoms with Gasteiger partial charge in [-0.1, -0.05) is 28.4 Å². The third-order valence-electron chi connectivity index (χ3n) is 6.23. The average molecular weight is 460 g/mol. The van der Waals surface area contributed by atoms with E-state index < -0.39 is 0 Å². The quantitative estimate of drug-likeness (QED) is 0.684. The Bertz CT molecular complexity index is 856. The summed E-state index contributed by atoms with van der Waals surface area (Å²) in [6.07, 6.45) is 3.79. The van der Waals surface area contributed by atoms with E-state index in [9.17, 15) is 0 Å². The van der Waals surface area contributed by atoms with Crippen molar-refractivity contribution in [3.63, 3.8) is 0 Å². The Morgan fingerprint density at radius 1 is 1.14 bits per heavy atom. The van der Waals surface area contributed by atoms with E-state index in [4.69, 9.17) is 32.7 Å². The second kappa shape index (κ2) is 9.08. The highest BCUT2D eigenvalue weighted by Crippen LogP contribution is 2.37. The fourth-order valence-corrected chi connectivity index (χ4v) is 5.10. The molecule has 5 rings (SSSR count). The highest BCUT2D eigenvalue weighted by molar-refractivity contribution is 6.36. The van der Waals surface area contributed by atoms with Crippen LogP contribution in [-0.2, 0) is 16.1 Å². The predicted molar refractivity (Wildman–Crippen MR) is 115 cm³/mol. The van der Waals surface area contributed by atoms with E-state index in [0.717, 1.165) is 55.7 Å². The Labute approximate surface area is 186 Å². The molecule has 2 fully saturated rings. The summed E-state index contributed by atoms with van der Waals surface area (Å²) in [7, 11) is 0. The third-order valence-corrected chi connectivity index (χ3v) is 6.78. The van der Waals surface area contributed by atoms with Crippen LogP contribution in [0.3, 0.4) is 0 Å². The first-order chi connectivity index (χ1) is 13.7. The van der Waals surface area contributed by atoms with Gasteiger partial charge in [-0.2, -0.15) is 0 Å². The standard InChI is InChI=1S/C20H24Cl2N4O2.ClH/c21-14-1-2-15(16(22)9-14)20-18-12-28-19-11-25(10-17(19)26(18)24-23-20)6-3-13-4-7-27-8-5-13;/h1-2,9,13,17,19H,3-8,10-12H2;1H/t17-,19-;/m0./s1. The van der Waals surface area contributed by atoms with Crippen molar-refractivity contribution < 1.29 is 9.47 Å². The molecule has 0 spiro atoms. The lowest BCUT2D eigenvalue weighted by Gasteiger charge is -2.26. The predicted octanol–water partition coefficient (Wildman–Crippen LogP) is 4.25. The molecule has 0 aliphatic carbocycles. The number of aromatic nitrogens is 3. The monoisotopic (exact) mass is 458 g/mol. The van der Waals surface area contributed by atoms with Gasteiger partial charge in [0, 0.05) is 36.9 Å². The lowest BCUT2D eigenvalue weighted by atomic mass is 9.96. The Hall–Kier alpha value is -0.890. The third kappa shape index (κ3) is 4.29. The van der Waals surface area contributed by atoms with Crippen LogP contribution < -0.4 is 0 Å². The number of nitrogens with zero attached hydrogens (tertiary/aromatic N) is 4. The van der Waals surface area contributed by atoms with Crippen LogP contribution in [0.4, 0.5) is 0 Å². The summed E-state index contributed by atoms with van der Waals surface area (Å²) in [5, 5.41) is 10.1. The SMILES string of the molecule is Cl.Clc1ccc(-c2nnn3c2CO[C@H]2CN(CCC4CCOCC4)C[C@@H]23)c(Cl)c1. The maximum atomic E-state index is 6.39. The van der Waals surface area contributed by atoms with Crippen LogP contribution in [0.2, 0.25) is 10.0 Å². The topological polar surface area (TPSA) is 52.4 Å². The van der Waals surface area contributed by atoms with Crippen molar-refractivity contribution in [3.05, 3.63) is 33.9 Å². The Morgan fingerprint density at radius 2 is 1.97 bits per heavy atom. The maximum absolute atomic E-state index is 6.39. The lowest BCUT2D eigenvalue weighted by molar-refractivity contribution is -0.00504. The van der Waals surface area contributed by atoms with Crippen LogP contribution in [0.1, 0.15) is 31.0 Å². The van der Waals surface area contributed by atoms with E-state index in [1.807, 2.05) is 12.1 Å². The van der Waals surface area contributed by atoms with E-state index in [2.05, 4.69) is 19.9 Å². The van der Waals surface area contributed by atoms with Gasteiger partial charge in [0.2, 0.25) is 0 Å². The van der Waals surface area contributed by atoms with Crippen molar-refractivity contribution >= 4 is 35.6 Å². The molecule has 0 saturated carbocycles. The van der Waals surface area contributed by atoms with Gasteiger partial charge in [-0.05, 0) is 49.9 Å². The van der Waals surface area contributed by atoms with Crippen molar-refractivity contribution in [2.24, 2.45) is 5.92 Å². The number of rotatable bonds is 4. The zero-order valence-electron chi connectivity index (χ0n) is 16.1. The highest BCUT2D eigenvalue weighted by atomic mass is 35.5. The molecule has 2 saturated heterocycles. The van der Waals surface area contributed by atoms with Crippen LogP contribution in [0.15, 0.2) is 18.2 Å². The van der Waals surface area contributed by atoms with Gasteiger partial charge >= 0.3 is 0 Å². The fourth-order valence-electron chi connectivity index (χ4n) is 4.61. The zero-order chi connectivity index (χ0) is 19.1. The maximum Gasteiger partial charge on any atom is 0.120 e. The summed E-state index contributed by atoms with van der Waals surface area (Å²) in [5.41, 5.74) is 2.64. The molecule has 0 N–H and O–H groups in total. The molecular weight excluding hydrogens is 435 g/mol. The van der Waals surface area contributed by atoms with Gasteiger partial charge in [-0.15, -0.1) is 17.5 Å². The van der Waals surface area contributed by atoms with Crippen LogP contribution >= 0.6 is 35.6 Å². The number of ether oxygens (including phenoxy) is 2. The molecule has 29 heavy (non-hydrogen) atoms. The molecule has 6 nitrogen and oxygen atoms in total. The Kier molecular flexibility index (Phi) is 6.69. The molecule has 0 bridgehead atoms. The number of halogens is 3. The minimum absolute atomic E-state index is 0. The van der Waals surface area contributed by atoms with E-state index in [-0.39, 0.29) is 24.6 Å². The highest BCUT2D eigenvalue weighted by Gasteiger charge is 2.40. The number of likely N-dealkylation sites (tertiary alicyclic amines) is 1. The van der Waals surface area contributed by atoms with Gasteiger partial charge in [-0.3, -0.25) is 4.90 Å². The molecule has 158 valence electrons. The number of benzene rings is 1. The molecule has 3 aliphatic rings. The van der Waals surface area contributed by atoms with Gasteiger partial charge in [-0.25, -0.2) is 4.68 Å². The van der Waals surface area contributed by atoms with Crippen LogP contribution in [0, 0.1) is 5.92 Å². The smallest absolute Gasteiger partial charge is 0.120 e. The van der Waals surface area contributed by atoms with Crippen molar-refractivity contribution in [2.45, 2.75) is 38.0 Å². The van der Waals surface area contributed by atoms with E-state index >= 15 is 0 Å².